The molecule has 0 amide bonds. The van der Waals surface area contributed by atoms with Crippen LogP contribution < -0.4 is 5.32 Å². The molecule has 0 radical (unpaired) electrons. The molecule has 0 saturated heterocycles. The molecule has 1 aromatic carbocycles. The van der Waals surface area contributed by atoms with Crippen LogP contribution in [0, 0.1) is 0 Å². The molecule has 3 rings (SSSR count). The van der Waals surface area contributed by atoms with Gasteiger partial charge in [0.05, 0.1) is 16.1 Å². The van der Waals surface area contributed by atoms with Gasteiger partial charge < -0.3 is 5.32 Å². The quantitative estimate of drug-likeness (QED) is 0.712. The van der Waals surface area contributed by atoms with E-state index in [1.807, 2.05) is 37.3 Å². The maximum atomic E-state index is 6.05. The van der Waals surface area contributed by atoms with Crippen molar-refractivity contribution in [3.63, 3.8) is 0 Å². The number of halogens is 2. The van der Waals surface area contributed by atoms with E-state index < -0.39 is 0 Å². The van der Waals surface area contributed by atoms with E-state index in [9.17, 15) is 0 Å². The second-order valence-electron chi connectivity index (χ2n) is 4.67. The van der Waals surface area contributed by atoms with E-state index >= 15 is 0 Å². The van der Waals surface area contributed by atoms with Crippen molar-refractivity contribution in [3.05, 3.63) is 58.2 Å². The maximum Gasteiger partial charge on any atom is 0.206 e. The van der Waals surface area contributed by atoms with E-state index in [-0.39, 0.29) is 6.04 Å². The minimum atomic E-state index is 0.0410. The zero-order chi connectivity index (χ0) is 15.5. The van der Waals surface area contributed by atoms with Crippen molar-refractivity contribution in [2.45, 2.75) is 13.0 Å². The molecule has 7 heteroatoms. The van der Waals surface area contributed by atoms with Crippen LogP contribution in [0.25, 0.3) is 10.7 Å². The largest absolute Gasteiger partial charge is 0.354 e. The molecule has 0 fully saturated rings. The lowest BCUT2D eigenvalue weighted by Gasteiger charge is -2.13. The molecule has 0 bridgehead atoms. The highest BCUT2D eigenvalue weighted by atomic mass is 35.5. The predicted octanol–water partition coefficient (Wildman–Crippen LogP) is 5.08. The molecule has 22 heavy (non-hydrogen) atoms. The van der Waals surface area contributed by atoms with Gasteiger partial charge in [0, 0.05) is 6.20 Å². The van der Waals surface area contributed by atoms with Crippen LogP contribution in [0.2, 0.25) is 10.0 Å². The summed E-state index contributed by atoms with van der Waals surface area (Å²) in [5, 5.41) is 14.2. The Balaban J connectivity index is 1.76. The first-order chi connectivity index (χ1) is 10.6. The fourth-order valence-corrected chi connectivity index (χ4v) is 3.04. The molecule has 1 N–H and O–H groups in total. The zero-order valence-corrected chi connectivity index (χ0v) is 14.0. The minimum Gasteiger partial charge on any atom is -0.354 e. The van der Waals surface area contributed by atoms with E-state index in [0.717, 1.165) is 21.4 Å². The third-order valence-corrected chi connectivity index (χ3v) is 4.71. The van der Waals surface area contributed by atoms with Crippen LogP contribution in [0.5, 0.6) is 0 Å². The Morgan fingerprint density at radius 3 is 2.68 bits per heavy atom. The molecule has 0 saturated carbocycles. The Morgan fingerprint density at radius 1 is 1.09 bits per heavy atom. The highest BCUT2D eigenvalue weighted by molar-refractivity contribution is 7.18. The van der Waals surface area contributed by atoms with Gasteiger partial charge in [-0.25, -0.2) is 0 Å². The number of pyridine rings is 1. The number of hydrogen-bond donors (Lipinski definition) is 1. The number of anilines is 1. The van der Waals surface area contributed by atoms with Gasteiger partial charge in [-0.1, -0.05) is 46.7 Å². The van der Waals surface area contributed by atoms with Gasteiger partial charge in [0.2, 0.25) is 5.13 Å². The summed E-state index contributed by atoms with van der Waals surface area (Å²) in [5.41, 5.74) is 1.85. The molecule has 0 aliphatic heterocycles. The number of nitrogens with zero attached hydrogens (tertiary/aromatic N) is 3. The Kier molecular flexibility index (Phi) is 4.57. The number of benzene rings is 1. The van der Waals surface area contributed by atoms with E-state index in [1.165, 1.54) is 11.3 Å². The smallest absolute Gasteiger partial charge is 0.206 e. The van der Waals surface area contributed by atoms with Crippen molar-refractivity contribution in [2.24, 2.45) is 0 Å². The number of aromatic nitrogens is 3. The summed E-state index contributed by atoms with van der Waals surface area (Å²) < 4.78 is 0. The average molecular weight is 351 g/mol. The van der Waals surface area contributed by atoms with Gasteiger partial charge in [-0.15, -0.1) is 10.2 Å². The van der Waals surface area contributed by atoms with Gasteiger partial charge in [-0.3, -0.25) is 4.98 Å². The van der Waals surface area contributed by atoms with Crippen LogP contribution in [0.15, 0.2) is 42.6 Å². The van der Waals surface area contributed by atoms with Crippen molar-refractivity contribution >= 4 is 39.7 Å². The number of nitrogens with one attached hydrogen (secondary N) is 1. The Labute approximate surface area is 142 Å². The molecule has 0 spiro atoms. The van der Waals surface area contributed by atoms with Gasteiger partial charge >= 0.3 is 0 Å². The Bertz CT molecular complexity index is 776. The third kappa shape index (κ3) is 3.38. The molecule has 0 aliphatic rings. The van der Waals surface area contributed by atoms with Crippen molar-refractivity contribution in [1.29, 1.82) is 0 Å². The van der Waals surface area contributed by atoms with E-state index in [2.05, 4.69) is 20.5 Å². The van der Waals surface area contributed by atoms with Crippen molar-refractivity contribution in [1.82, 2.24) is 15.2 Å². The average Bonchev–Trinajstić information content (AvgIpc) is 2.99. The second-order valence-corrected chi connectivity index (χ2v) is 6.46. The van der Waals surface area contributed by atoms with E-state index in [0.29, 0.717) is 10.0 Å². The number of rotatable bonds is 4. The lowest BCUT2D eigenvalue weighted by atomic mass is 10.1. The summed E-state index contributed by atoms with van der Waals surface area (Å²) >= 11 is 13.5. The van der Waals surface area contributed by atoms with E-state index in [4.69, 9.17) is 23.2 Å². The highest BCUT2D eigenvalue weighted by Crippen LogP contribution is 2.30. The highest BCUT2D eigenvalue weighted by Gasteiger charge is 2.12. The van der Waals surface area contributed by atoms with Crippen LogP contribution in [0.3, 0.4) is 0 Å². The monoisotopic (exact) mass is 350 g/mol. The first kappa shape index (κ1) is 15.2. The van der Waals surface area contributed by atoms with Gasteiger partial charge in [-0.05, 0) is 36.8 Å². The Morgan fingerprint density at radius 2 is 1.95 bits per heavy atom. The molecule has 3 aromatic rings. The van der Waals surface area contributed by atoms with Gasteiger partial charge in [0.1, 0.15) is 5.69 Å². The zero-order valence-electron chi connectivity index (χ0n) is 11.6. The molecular weight excluding hydrogens is 339 g/mol. The molecule has 1 atom stereocenters. The fourth-order valence-electron chi connectivity index (χ4n) is 1.92. The molecule has 1 unspecified atom stereocenters. The van der Waals surface area contributed by atoms with Gasteiger partial charge in [0.25, 0.3) is 0 Å². The first-order valence-electron chi connectivity index (χ1n) is 6.60. The lowest BCUT2D eigenvalue weighted by Crippen LogP contribution is -2.06. The van der Waals surface area contributed by atoms with Crippen LogP contribution in [-0.2, 0) is 0 Å². The molecule has 112 valence electrons. The molecule has 4 nitrogen and oxygen atoms in total. The summed E-state index contributed by atoms with van der Waals surface area (Å²) in [5.74, 6) is 0. The molecule has 0 aliphatic carbocycles. The van der Waals surface area contributed by atoms with Crippen LogP contribution >= 0.6 is 34.5 Å². The van der Waals surface area contributed by atoms with Crippen LogP contribution in [0.1, 0.15) is 18.5 Å². The predicted molar refractivity (Wildman–Crippen MR) is 91.6 cm³/mol. The fraction of sp³-hybridized carbons (Fsp3) is 0.133. The van der Waals surface area contributed by atoms with Gasteiger partial charge in [0.15, 0.2) is 5.01 Å². The van der Waals surface area contributed by atoms with Gasteiger partial charge in [-0.2, -0.15) is 0 Å². The molecule has 2 aromatic heterocycles. The van der Waals surface area contributed by atoms with E-state index in [1.54, 1.807) is 12.3 Å². The summed E-state index contributed by atoms with van der Waals surface area (Å²) in [6.45, 7) is 2.03. The first-order valence-corrected chi connectivity index (χ1v) is 8.17. The summed E-state index contributed by atoms with van der Waals surface area (Å²) in [7, 11) is 0. The van der Waals surface area contributed by atoms with Crippen molar-refractivity contribution in [2.75, 3.05) is 5.32 Å². The number of hydrogen-bond acceptors (Lipinski definition) is 5. The standard InChI is InChI=1S/C15H12Cl2N4S/c1-9(10-5-6-11(16)12(17)8-10)19-15-21-20-14(22-15)13-4-2-3-7-18-13/h2-9H,1H3,(H,19,21). The molecule has 2 heterocycles. The maximum absolute atomic E-state index is 6.05. The minimum absolute atomic E-state index is 0.0410. The normalized spacial score (nSPS) is 12.1. The topological polar surface area (TPSA) is 50.7 Å². The van der Waals surface area contributed by atoms with Crippen molar-refractivity contribution in [3.8, 4) is 10.7 Å². The molecular formula is C15H12Cl2N4S. The lowest BCUT2D eigenvalue weighted by molar-refractivity contribution is 0.874. The second kappa shape index (κ2) is 6.60. The van der Waals surface area contributed by atoms with Crippen LogP contribution in [0.4, 0.5) is 5.13 Å². The SMILES string of the molecule is CC(Nc1nnc(-c2ccccn2)s1)c1ccc(Cl)c(Cl)c1. The summed E-state index contributed by atoms with van der Waals surface area (Å²) in [4.78, 5) is 4.27. The summed E-state index contributed by atoms with van der Waals surface area (Å²) in [6, 6.07) is 11.3. The van der Waals surface area contributed by atoms with Crippen molar-refractivity contribution < 1.29 is 0 Å². The summed E-state index contributed by atoms with van der Waals surface area (Å²) in [6.07, 6.45) is 1.74. The third-order valence-electron chi connectivity index (χ3n) is 3.09. The van der Waals surface area contributed by atoms with Crippen LogP contribution in [-0.4, -0.2) is 15.2 Å². The Hall–Kier alpha value is -1.69.